The molecule has 2 rings (SSSR count). The maximum absolute atomic E-state index is 12.8. The molecule has 0 heterocycles. The summed E-state index contributed by atoms with van der Waals surface area (Å²) in [5, 5.41) is 10.7. The summed E-state index contributed by atoms with van der Waals surface area (Å²) >= 11 is 0. The Morgan fingerprint density at radius 1 is 1.00 bits per heavy atom. The highest BCUT2D eigenvalue weighted by atomic mass is 32.5. The van der Waals surface area contributed by atoms with Crippen molar-refractivity contribution in [1.82, 2.24) is 0 Å². The number of benzene rings is 2. The van der Waals surface area contributed by atoms with E-state index in [1.165, 1.54) is 30.3 Å². The Hall–Kier alpha value is -3.13. The molecular weight excluding hydrogens is 383 g/mol. The largest absolute Gasteiger partial charge is 0.419 e. The zero-order valence-corrected chi connectivity index (χ0v) is 13.4. The first-order chi connectivity index (χ1) is 11.8. The molecule has 0 radical (unpaired) electrons. The molecule has 5 nitrogen and oxygen atoms in total. The van der Waals surface area contributed by atoms with Gasteiger partial charge >= 0.3 is 22.3 Å². The second-order valence-corrected chi connectivity index (χ2v) is 7.37. The van der Waals surface area contributed by atoms with Gasteiger partial charge in [-0.2, -0.15) is 5.26 Å². The summed E-state index contributed by atoms with van der Waals surface area (Å²) in [7, 11) is -9.97. The molecule has 0 fully saturated rings. The Morgan fingerprint density at radius 2 is 1.62 bits per heavy atom. The Kier molecular flexibility index (Phi) is 4.21. The number of nitriles is 1. The van der Waals surface area contributed by atoms with Crippen LogP contribution in [0.1, 0.15) is 15.9 Å². The van der Waals surface area contributed by atoms with Crippen molar-refractivity contribution in [2.24, 2.45) is 0 Å². The SMILES string of the molecule is N#Cc1cc(S(F)(F)(F)(F)F)ccc1NC(=O)OC(=O)c1ccccc1. The molecule has 0 aliphatic heterocycles. The van der Waals surface area contributed by atoms with Crippen LogP contribution in [0.4, 0.5) is 29.9 Å². The zero-order chi connectivity index (χ0) is 19.7. The van der Waals surface area contributed by atoms with Crippen molar-refractivity contribution in [3.05, 3.63) is 59.7 Å². The van der Waals surface area contributed by atoms with E-state index in [4.69, 9.17) is 5.26 Å². The summed E-state index contributed by atoms with van der Waals surface area (Å²) in [6.07, 6.45) is -1.39. The smallest absolute Gasteiger partial charge is 0.372 e. The number of nitrogens with zero attached hydrogens (tertiary/aromatic N) is 1. The van der Waals surface area contributed by atoms with Crippen LogP contribution in [-0.2, 0) is 4.74 Å². The second-order valence-electron chi connectivity index (χ2n) is 4.96. The second kappa shape index (κ2) is 5.70. The molecule has 2 aromatic rings. The van der Waals surface area contributed by atoms with Gasteiger partial charge in [-0.25, -0.2) is 9.59 Å². The van der Waals surface area contributed by atoms with Crippen LogP contribution in [0.25, 0.3) is 0 Å². The third kappa shape index (κ3) is 4.70. The number of ether oxygens (including phenoxy) is 1. The van der Waals surface area contributed by atoms with Crippen LogP contribution in [0.3, 0.4) is 0 Å². The quantitative estimate of drug-likeness (QED) is 0.419. The van der Waals surface area contributed by atoms with Crippen LogP contribution in [0.5, 0.6) is 0 Å². The van der Waals surface area contributed by atoms with Gasteiger partial charge in [0.2, 0.25) is 0 Å². The van der Waals surface area contributed by atoms with Crippen molar-refractivity contribution >= 4 is 28.0 Å². The van der Waals surface area contributed by atoms with E-state index in [0.29, 0.717) is 6.07 Å². The van der Waals surface area contributed by atoms with Crippen LogP contribution >= 0.6 is 10.2 Å². The van der Waals surface area contributed by atoms with Crippen molar-refractivity contribution in [2.75, 3.05) is 5.32 Å². The minimum Gasteiger partial charge on any atom is -0.372 e. The van der Waals surface area contributed by atoms with Crippen LogP contribution in [0.15, 0.2) is 53.4 Å². The fourth-order valence-electron chi connectivity index (χ4n) is 1.82. The molecule has 0 bridgehead atoms. The standard InChI is InChI=1S/C15H9F5N2O3S/c16-26(17,18,19,20)12-6-7-13(11(8-12)9-21)22-15(24)25-14(23)10-4-2-1-3-5-10/h1-8H,(H,22,24). The maximum Gasteiger partial charge on any atom is 0.419 e. The highest BCUT2D eigenvalue weighted by molar-refractivity contribution is 8.45. The maximum atomic E-state index is 12.8. The number of amides is 1. The van der Waals surface area contributed by atoms with E-state index in [-0.39, 0.29) is 17.7 Å². The Balaban J connectivity index is 2.21. The number of halogens is 5. The van der Waals surface area contributed by atoms with E-state index >= 15 is 0 Å². The monoisotopic (exact) mass is 392 g/mol. The lowest BCUT2D eigenvalue weighted by atomic mass is 10.2. The van der Waals surface area contributed by atoms with E-state index in [1.807, 2.05) is 5.32 Å². The highest BCUT2D eigenvalue weighted by Crippen LogP contribution is 3.02. The Bertz CT molecular complexity index is 925. The zero-order valence-electron chi connectivity index (χ0n) is 12.6. The van der Waals surface area contributed by atoms with Gasteiger partial charge in [0.05, 0.1) is 16.8 Å². The molecule has 0 aliphatic rings. The first-order valence-electron chi connectivity index (χ1n) is 6.66. The Labute approximate surface area is 143 Å². The number of rotatable bonds is 3. The number of nitrogens with one attached hydrogen (secondary N) is 1. The van der Waals surface area contributed by atoms with Crippen molar-refractivity contribution in [2.45, 2.75) is 4.90 Å². The number of anilines is 1. The minimum atomic E-state index is -9.97. The van der Waals surface area contributed by atoms with Crippen molar-refractivity contribution in [1.29, 1.82) is 5.26 Å². The molecule has 0 spiro atoms. The van der Waals surface area contributed by atoms with Crippen molar-refractivity contribution in [3.8, 4) is 6.07 Å². The molecule has 0 saturated heterocycles. The average Bonchev–Trinajstić information content (AvgIpc) is 2.53. The van der Waals surface area contributed by atoms with E-state index in [9.17, 15) is 29.0 Å². The molecule has 0 saturated carbocycles. The van der Waals surface area contributed by atoms with Gasteiger partial charge in [-0.05, 0) is 30.3 Å². The lowest BCUT2D eigenvalue weighted by Crippen LogP contribution is -2.19. The number of esters is 1. The van der Waals surface area contributed by atoms with Crippen LogP contribution < -0.4 is 5.32 Å². The summed E-state index contributed by atoms with van der Waals surface area (Å²) in [6.45, 7) is 0. The summed E-state index contributed by atoms with van der Waals surface area (Å²) in [5.41, 5.74) is -1.37. The first kappa shape index (κ1) is 19.2. The number of carbonyl (C=O) groups excluding carboxylic acids is 2. The van der Waals surface area contributed by atoms with Crippen LogP contribution in [0, 0.1) is 11.3 Å². The summed E-state index contributed by atoms with van der Waals surface area (Å²) < 4.78 is 68.2. The highest BCUT2D eigenvalue weighted by Gasteiger charge is 2.65. The lowest BCUT2D eigenvalue weighted by molar-refractivity contribution is 0.0645. The molecule has 26 heavy (non-hydrogen) atoms. The van der Waals surface area contributed by atoms with Gasteiger partial charge in [0, 0.05) is 0 Å². The summed E-state index contributed by atoms with van der Waals surface area (Å²) in [4.78, 5) is 21.0. The van der Waals surface area contributed by atoms with Gasteiger partial charge in [0.15, 0.2) is 0 Å². The van der Waals surface area contributed by atoms with Gasteiger partial charge in [-0.1, -0.05) is 37.6 Å². The predicted octanol–water partition coefficient (Wildman–Crippen LogP) is 5.60. The third-order valence-corrected chi connectivity index (χ3v) is 4.13. The van der Waals surface area contributed by atoms with Crippen molar-refractivity contribution < 1.29 is 33.8 Å². The molecule has 1 amide bonds. The predicted molar refractivity (Wildman–Crippen MR) is 83.4 cm³/mol. The van der Waals surface area contributed by atoms with E-state index in [0.717, 1.165) is 0 Å². The van der Waals surface area contributed by atoms with Gasteiger partial charge in [0.1, 0.15) is 11.0 Å². The van der Waals surface area contributed by atoms with Gasteiger partial charge in [-0.15, -0.1) is 0 Å². The molecule has 0 atom stereocenters. The molecule has 0 aliphatic carbocycles. The minimum absolute atomic E-state index is 0.0248. The molecule has 1 N–H and O–H groups in total. The normalized spacial score (nSPS) is 13.7. The van der Waals surface area contributed by atoms with Gasteiger partial charge < -0.3 is 4.74 Å². The molecular formula is C15H9F5N2O3S. The Morgan fingerprint density at radius 3 is 2.15 bits per heavy atom. The fraction of sp³-hybridized carbons (Fsp3) is 0. The summed E-state index contributed by atoms with van der Waals surface area (Å²) in [5.74, 6) is -1.05. The van der Waals surface area contributed by atoms with Crippen LogP contribution in [-0.4, -0.2) is 12.1 Å². The number of carbonyl (C=O) groups is 2. The van der Waals surface area contributed by atoms with Gasteiger partial charge in [0.25, 0.3) is 0 Å². The summed E-state index contributed by atoms with van der Waals surface area (Å²) in [6, 6.07) is 8.98. The fourth-order valence-corrected chi connectivity index (χ4v) is 2.48. The topological polar surface area (TPSA) is 79.2 Å². The van der Waals surface area contributed by atoms with Gasteiger partial charge in [-0.3, -0.25) is 5.32 Å². The third-order valence-electron chi connectivity index (χ3n) is 2.99. The van der Waals surface area contributed by atoms with E-state index in [2.05, 4.69) is 4.74 Å². The van der Waals surface area contributed by atoms with Crippen LogP contribution in [0.2, 0.25) is 0 Å². The molecule has 0 unspecified atom stereocenters. The molecule has 138 valence electrons. The van der Waals surface area contributed by atoms with Crippen molar-refractivity contribution in [3.63, 3.8) is 0 Å². The average molecular weight is 392 g/mol. The molecule has 2 aromatic carbocycles. The van der Waals surface area contributed by atoms with E-state index in [1.54, 1.807) is 6.07 Å². The number of hydrogen-bond donors (Lipinski definition) is 1. The first-order valence-corrected chi connectivity index (χ1v) is 8.62. The molecule has 0 aromatic heterocycles. The van der Waals surface area contributed by atoms with E-state index < -0.39 is 38.4 Å². The number of hydrogen-bond acceptors (Lipinski definition) is 4. The molecule has 11 heteroatoms. The lowest BCUT2D eigenvalue weighted by Gasteiger charge is -2.40.